The van der Waals surface area contributed by atoms with E-state index in [4.69, 9.17) is 9.47 Å². The first-order valence-corrected chi connectivity index (χ1v) is 4.88. The van der Waals surface area contributed by atoms with E-state index in [2.05, 4.69) is 5.32 Å². The molecule has 0 aromatic heterocycles. The molecular formula is C11H13NO3. The predicted molar refractivity (Wildman–Crippen MR) is 54.9 cm³/mol. The maximum atomic E-state index is 10.7. The molecule has 0 radical (unpaired) electrons. The number of alkyl carbamates (subject to hydrolysis) is 1. The molecule has 0 spiro atoms. The third-order valence-corrected chi connectivity index (χ3v) is 2.20. The number of aryl methyl sites for hydroxylation is 1. The lowest BCUT2D eigenvalue weighted by atomic mass is 10.2. The van der Waals surface area contributed by atoms with Gasteiger partial charge in [0.05, 0.1) is 6.54 Å². The van der Waals surface area contributed by atoms with Crippen LogP contribution in [0.2, 0.25) is 0 Å². The average Bonchev–Trinajstić information content (AvgIpc) is 2.64. The predicted octanol–water partition coefficient (Wildman–Crippen LogP) is 1.48. The van der Waals surface area contributed by atoms with Crippen LogP contribution < -0.4 is 10.1 Å². The number of ether oxygens (including phenoxy) is 2. The van der Waals surface area contributed by atoms with Crippen molar-refractivity contribution in [1.29, 1.82) is 0 Å². The van der Waals surface area contributed by atoms with Crippen LogP contribution in [0.4, 0.5) is 4.79 Å². The Balaban J connectivity index is 1.83. The highest BCUT2D eigenvalue weighted by Crippen LogP contribution is 2.12. The average molecular weight is 207 g/mol. The van der Waals surface area contributed by atoms with Gasteiger partial charge < -0.3 is 14.8 Å². The quantitative estimate of drug-likeness (QED) is 0.816. The van der Waals surface area contributed by atoms with Crippen LogP contribution in [-0.2, 0) is 4.74 Å². The van der Waals surface area contributed by atoms with Crippen molar-refractivity contribution in [1.82, 2.24) is 5.32 Å². The standard InChI is InChI=1S/C11H13NO3/c1-8-2-4-9(5-3-8)14-7-10-6-12-11(13)15-10/h2-5,10H,6-7H2,1H3,(H,12,13)/t10-/m1/s1. The summed E-state index contributed by atoms with van der Waals surface area (Å²) in [4.78, 5) is 10.7. The van der Waals surface area contributed by atoms with Gasteiger partial charge in [-0.3, -0.25) is 0 Å². The lowest BCUT2D eigenvalue weighted by Gasteiger charge is -2.09. The smallest absolute Gasteiger partial charge is 0.407 e. The topological polar surface area (TPSA) is 47.6 Å². The second-order valence-corrected chi connectivity index (χ2v) is 3.53. The summed E-state index contributed by atoms with van der Waals surface area (Å²) in [5, 5.41) is 2.57. The van der Waals surface area contributed by atoms with Crippen molar-refractivity contribution in [3.8, 4) is 5.75 Å². The zero-order valence-electron chi connectivity index (χ0n) is 8.53. The van der Waals surface area contributed by atoms with Crippen LogP contribution in [0.1, 0.15) is 5.56 Å². The lowest BCUT2D eigenvalue weighted by molar-refractivity contribution is 0.105. The van der Waals surface area contributed by atoms with Crippen LogP contribution in [-0.4, -0.2) is 25.3 Å². The van der Waals surface area contributed by atoms with Gasteiger partial charge in [0.25, 0.3) is 0 Å². The molecule has 1 atom stereocenters. The van der Waals surface area contributed by atoms with Gasteiger partial charge in [0.1, 0.15) is 12.4 Å². The van der Waals surface area contributed by atoms with Crippen molar-refractivity contribution >= 4 is 6.09 Å². The molecular weight excluding hydrogens is 194 g/mol. The first kappa shape index (κ1) is 9.83. The van der Waals surface area contributed by atoms with Crippen LogP contribution in [0.25, 0.3) is 0 Å². The largest absolute Gasteiger partial charge is 0.490 e. The Kier molecular flexibility index (Phi) is 2.76. The highest BCUT2D eigenvalue weighted by Gasteiger charge is 2.22. The molecule has 0 unspecified atom stereocenters. The monoisotopic (exact) mass is 207 g/mol. The van der Waals surface area contributed by atoms with Gasteiger partial charge in [-0.25, -0.2) is 4.79 Å². The van der Waals surface area contributed by atoms with E-state index in [1.165, 1.54) is 5.56 Å². The summed E-state index contributed by atoms with van der Waals surface area (Å²) >= 11 is 0. The van der Waals surface area contributed by atoms with Crippen molar-refractivity contribution < 1.29 is 14.3 Å². The van der Waals surface area contributed by atoms with Crippen LogP contribution in [0.15, 0.2) is 24.3 Å². The van der Waals surface area contributed by atoms with E-state index in [9.17, 15) is 4.79 Å². The van der Waals surface area contributed by atoms with E-state index in [0.29, 0.717) is 13.2 Å². The fourth-order valence-corrected chi connectivity index (χ4v) is 1.35. The lowest BCUT2D eigenvalue weighted by Crippen LogP contribution is -2.21. The Bertz CT molecular complexity index is 347. The fourth-order valence-electron chi connectivity index (χ4n) is 1.35. The summed E-state index contributed by atoms with van der Waals surface area (Å²) in [6, 6.07) is 7.77. The molecule has 1 aromatic carbocycles. The summed E-state index contributed by atoms with van der Waals surface area (Å²) in [5.41, 5.74) is 1.19. The molecule has 15 heavy (non-hydrogen) atoms. The number of carbonyl (C=O) groups is 1. The van der Waals surface area contributed by atoms with Gasteiger partial charge in [0, 0.05) is 0 Å². The molecule has 1 saturated heterocycles. The summed E-state index contributed by atoms with van der Waals surface area (Å²) in [6.45, 7) is 2.93. The fraction of sp³-hybridized carbons (Fsp3) is 0.364. The minimum Gasteiger partial charge on any atom is -0.490 e. The van der Waals surface area contributed by atoms with Crippen LogP contribution >= 0.6 is 0 Å². The van der Waals surface area contributed by atoms with Crippen molar-refractivity contribution in [3.63, 3.8) is 0 Å². The molecule has 4 heteroatoms. The van der Waals surface area contributed by atoms with Gasteiger partial charge in [-0.2, -0.15) is 0 Å². The third-order valence-electron chi connectivity index (χ3n) is 2.20. The van der Waals surface area contributed by atoms with Gasteiger partial charge in [0.15, 0.2) is 6.10 Å². The summed E-state index contributed by atoms with van der Waals surface area (Å²) < 4.78 is 10.4. The van der Waals surface area contributed by atoms with Crippen molar-refractivity contribution in [3.05, 3.63) is 29.8 Å². The van der Waals surface area contributed by atoms with Crippen LogP contribution in [0, 0.1) is 6.92 Å². The van der Waals surface area contributed by atoms with E-state index in [1.807, 2.05) is 31.2 Å². The van der Waals surface area contributed by atoms with Crippen LogP contribution in [0.3, 0.4) is 0 Å². The number of hydrogen-bond donors (Lipinski definition) is 1. The second kappa shape index (κ2) is 4.21. The van der Waals surface area contributed by atoms with E-state index in [1.54, 1.807) is 0 Å². The molecule has 1 aliphatic rings. The van der Waals surface area contributed by atoms with Gasteiger partial charge in [-0.1, -0.05) is 17.7 Å². The molecule has 2 rings (SSSR count). The first-order chi connectivity index (χ1) is 7.24. The molecule has 1 N–H and O–H groups in total. The molecule has 4 nitrogen and oxygen atoms in total. The number of amides is 1. The van der Waals surface area contributed by atoms with E-state index < -0.39 is 0 Å². The summed E-state index contributed by atoms with van der Waals surface area (Å²) in [6.07, 6.45) is -0.550. The zero-order valence-corrected chi connectivity index (χ0v) is 8.53. The SMILES string of the molecule is Cc1ccc(OC[C@H]2CNC(=O)O2)cc1. The summed E-state index contributed by atoms with van der Waals surface area (Å²) in [5.74, 6) is 0.795. The zero-order chi connectivity index (χ0) is 10.7. The van der Waals surface area contributed by atoms with Crippen molar-refractivity contribution in [2.75, 3.05) is 13.2 Å². The summed E-state index contributed by atoms with van der Waals surface area (Å²) in [7, 11) is 0. The highest BCUT2D eigenvalue weighted by atomic mass is 16.6. The molecule has 0 aliphatic carbocycles. The molecule has 1 fully saturated rings. The Labute approximate surface area is 88.2 Å². The second-order valence-electron chi connectivity index (χ2n) is 3.53. The number of nitrogens with one attached hydrogen (secondary N) is 1. The minimum atomic E-state index is -0.368. The maximum absolute atomic E-state index is 10.7. The van der Waals surface area contributed by atoms with Gasteiger partial charge in [-0.15, -0.1) is 0 Å². The normalized spacial score (nSPS) is 19.5. The van der Waals surface area contributed by atoms with E-state index in [-0.39, 0.29) is 12.2 Å². The number of hydrogen-bond acceptors (Lipinski definition) is 3. The Morgan fingerprint density at radius 1 is 1.47 bits per heavy atom. The van der Waals surface area contributed by atoms with Crippen molar-refractivity contribution in [2.45, 2.75) is 13.0 Å². The molecule has 0 saturated carbocycles. The molecule has 1 heterocycles. The molecule has 0 bridgehead atoms. The molecule has 1 amide bonds. The van der Waals surface area contributed by atoms with Crippen molar-refractivity contribution in [2.24, 2.45) is 0 Å². The molecule has 80 valence electrons. The third kappa shape index (κ3) is 2.62. The number of rotatable bonds is 3. The number of benzene rings is 1. The Morgan fingerprint density at radius 3 is 2.80 bits per heavy atom. The molecule has 1 aliphatic heterocycles. The van der Waals surface area contributed by atoms with Gasteiger partial charge >= 0.3 is 6.09 Å². The van der Waals surface area contributed by atoms with Gasteiger partial charge in [0.2, 0.25) is 0 Å². The van der Waals surface area contributed by atoms with E-state index in [0.717, 1.165) is 5.75 Å². The number of cyclic esters (lactones) is 1. The highest BCUT2D eigenvalue weighted by molar-refractivity contribution is 5.69. The van der Waals surface area contributed by atoms with Gasteiger partial charge in [-0.05, 0) is 19.1 Å². The Morgan fingerprint density at radius 2 is 2.20 bits per heavy atom. The van der Waals surface area contributed by atoms with Crippen LogP contribution in [0.5, 0.6) is 5.75 Å². The Hall–Kier alpha value is -1.71. The first-order valence-electron chi connectivity index (χ1n) is 4.88. The maximum Gasteiger partial charge on any atom is 0.407 e. The molecule has 1 aromatic rings. The minimum absolute atomic E-state index is 0.182. The number of carbonyl (C=O) groups excluding carboxylic acids is 1. The van der Waals surface area contributed by atoms with E-state index >= 15 is 0 Å².